The van der Waals surface area contributed by atoms with E-state index in [-0.39, 0.29) is 0 Å². The summed E-state index contributed by atoms with van der Waals surface area (Å²) in [6.07, 6.45) is -4.53. The zero-order valence-corrected chi connectivity index (χ0v) is 13.1. The van der Waals surface area contributed by atoms with Gasteiger partial charge in [-0.25, -0.2) is 0 Å². The Bertz CT molecular complexity index is 387. The molecule has 0 aromatic rings. The standard InChI is InChI=1S/C11H15Cl3O6/c1-10(2)16-3-4(20-10)6-5(15)7-8(17-6)19-9(18-7)11(12,13)14/h4-9,15H,3H2,1-2H3/t4-,5+,6-,7+,8+,9-/m1/s1. The normalized spacial score (nSPS) is 47.7. The number of hydrogen-bond donors (Lipinski definition) is 1. The third-order valence-electron chi connectivity index (χ3n) is 3.44. The first-order valence-electron chi connectivity index (χ1n) is 6.20. The fraction of sp³-hybridized carbons (Fsp3) is 1.00. The molecule has 3 rings (SSSR count). The quantitative estimate of drug-likeness (QED) is 0.721. The Hall–Kier alpha value is 0.630. The van der Waals surface area contributed by atoms with Crippen LogP contribution in [-0.2, 0) is 23.7 Å². The lowest BCUT2D eigenvalue weighted by molar-refractivity contribution is -0.201. The highest BCUT2D eigenvalue weighted by atomic mass is 35.6. The molecule has 0 spiro atoms. The van der Waals surface area contributed by atoms with E-state index in [1.54, 1.807) is 13.8 Å². The van der Waals surface area contributed by atoms with E-state index in [2.05, 4.69) is 0 Å². The van der Waals surface area contributed by atoms with Crippen molar-refractivity contribution in [3.63, 3.8) is 0 Å². The van der Waals surface area contributed by atoms with Crippen LogP contribution in [0, 0.1) is 0 Å². The number of ether oxygens (including phenoxy) is 5. The molecule has 116 valence electrons. The first-order chi connectivity index (χ1) is 9.17. The second kappa shape index (κ2) is 5.08. The van der Waals surface area contributed by atoms with Gasteiger partial charge < -0.3 is 28.8 Å². The predicted molar refractivity (Wildman–Crippen MR) is 69.6 cm³/mol. The summed E-state index contributed by atoms with van der Waals surface area (Å²) in [7, 11) is 0. The van der Waals surface area contributed by atoms with Crippen LogP contribution >= 0.6 is 34.8 Å². The van der Waals surface area contributed by atoms with Crippen LogP contribution in [0.3, 0.4) is 0 Å². The zero-order chi connectivity index (χ0) is 14.7. The van der Waals surface area contributed by atoms with Gasteiger partial charge in [-0.15, -0.1) is 0 Å². The summed E-state index contributed by atoms with van der Waals surface area (Å²) < 4.78 is 25.8. The Kier molecular flexibility index (Phi) is 3.94. The lowest BCUT2D eigenvalue weighted by Crippen LogP contribution is -2.42. The van der Waals surface area contributed by atoms with Crippen LogP contribution in [-0.4, -0.2) is 58.3 Å². The summed E-state index contributed by atoms with van der Waals surface area (Å²) >= 11 is 17.1. The number of fused-ring (bicyclic) bond motifs is 1. The van der Waals surface area contributed by atoms with Crippen LogP contribution in [0.15, 0.2) is 0 Å². The summed E-state index contributed by atoms with van der Waals surface area (Å²) in [6, 6.07) is 0. The van der Waals surface area contributed by atoms with Crippen molar-refractivity contribution in [1.82, 2.24) is 0 Å². The largest absolute Gasteiger partial charge is 0.387 e. The number of halogens is 3. The van der Waals surface area contributed by atoms with Crippen molar-refractivity contribution in [2.75, 3.05) is 6.61 Å². The molecule has 6 atom stereocenters. The molecule has 0 amide bonds. The molecule has 0 unspecified atom stereocenters. The van der Waals surface area contributed by atoms with Gasteiger partial charge in [0.25, 0.3) is 0 Å². The summed E-state index contributed by atoms with van der Waals surface area (Å²) in [5.74, 6) is -0.701. The van der Waals surface area contributed by atoms with Gasteiger partial charge in [0.05, 0.1) is 6.61 Å². The van der Waals surface area contributed by atoms with Gasteiger partial charge in [0.15, 0.2) is 12.1 Å². The Morgan fingerprint density at radius 1 is 1.10 bits per heavy atom. The van der Waals surface area contributed by atoms with Gasteiger partial charge >= 0.3 is 0 Å². The molecule has 3 aliphatic heterocycles. The highest BCUT2D eigenvalue weighted by Gasteiger charge is 2.58. The minimum atomic E-state index is -1.74. The van der Waals surface area contributed by atoms with Crippen molar-refractivity contribution in [3.8, 4) is 0 Å². The fourth-order valence-electron chi connectivity index (χ4n) is 2.55. The average molecular weight is 350 g/mol. The van der Waals surface area contributed by atoms with Crippen molar-refractivity contribution in [1.29, 1.82) is 0 Å². The van der Waals surface area contributed by atoms with E-state index in [0.717, 1.165) is 0 Å². The summed E-state index contributed by atoms with van der Waals surface area (Å²) in [5.41, 5.74) is 0. The topological polar surface area (TPSA) is 66.4 Å². The number of aliphatic hydroxyl groups is 1. The maximum Gasteiger partial charge on any atom is 0.241 e. The van der Waals surface area contributed by atoms with E-state index >= 15 is 0 Å². The molecular weight excluding hydrogens is 334 g/mol. The van der Waals surface area contributed by atoms with Crippen molar-refractivity contribution in [2.45, 2.75) is 60.4 Å². The van der Waals surface area contributed by atoms with Gasteiger partial charge in [0.2, 0.25) is 10.1 Å². The Balaban J connectivity index is 1.65. The molecule has 0 aromatic carbocycles. The van der Waals surface area contributed by atoms with Gasteiger partial charge in [-0.05, 0) is 13.8 Å². The van der Waals surface area contributed by atoms with Crippen LogP contribution in [0.1, 0.15) is 13.8 Å². The van der Waals surface area contributed by atoms with E-state index < -0.39 is 46.6 Å². The number of rotatable bonds is 1. The molecule has 9 heteroatoms. The SMILES string of the molecule is CC1(C)OC[C@H]([C@H]2O[C@H]3O[C@H](C(Cl)(Cl)Cl)O[C@H]3[C@H]2O)O1. The molecule has 3 fully saturated rings. The molecular formula is C11H15Cl3O6. The first kappa shape index (κ1) is 15.5. The maximum atomic E-state index is 10.3. The summed E-state index contributed by atoms with van der Waals surface area (Å²) in [6.45, 7) is 3.91. The number of aliphatic hydroxyl groups excluding tert-OH is 1. The fourth-order valence-corrected chi connectivity index (χ4v) is 2.86. The number of hydrogen-bond acceptors (Lipinski definition) is 6. The highest BCUT2D eigenvalue weighted by molar-refractivity contribution is 6.67. The highest BCUT2D eigenvalue weighted by Crippen LogP contribution is 2.43. The van der Waals surface area contributed by atoms with Crippen molar-refractivity contribution < 1.29 is 28.8 Å². The molecule has 6 nitrogen and oxygen atoms in total. The molecule has 0 aromatic heterocycles. The van der Waals surface area contributed by atoms with Gasteiger partial charge in [-0.2, -0.15) is 0 Å². The van der Waals surface area contributed by atoms with Crippen LogP contribution < -0.4 is 0 Å². The van der Waals surface area contributed by atoms with Gasteiger partial charge in [0.1, 0.15) is 24.4 Å². The molecule has 3 aliphatic rings. The second-order valence-corrected chi connectivity index (χ2v) is 7.81. The van der Waals surface area contributed by atoms with Crippen LogP contribution in [0.5, 0.6) is 0 Å². The molecule has 3 heterocycles. The van der Waals surface area contributed by atoms with Crippen LogP contribution in [0.4, 0.5) is 0 Å². The second-order valence-electron chi connectivity index (χ2n) is 5.44. The van der Waals surface area contributed by atoms with Crippen LogP contribution in [0.25, 0.3) is 0 Å². The molecule has 20 heavy (non-hydrogen) atoms. The zero-order valence-electron chi connectivity index (χ0n) is 10.8. The van der Waals surface area contributed by atoms with Gasteiger partial charge in [-0.1, -0.05) is 34.8 Å². The lowest BCUT2D eigenvalue weighted by atomic mass is 10.1. The van der Waals surface area contributed by atoms with E-state index in [4.69, 9.17) is 58.5 Å². The van der Waals surface area contributed by atoms with Crippen molar-refractivity contribution >= 4 is 34.8 Å². The van der Waals surface area contributed by atoms with Crippen molar-refractivity contribution in [2.24, 2.45) is 0 Å². The van der Waals surface area contributed by atoms with Gasteiger partial charge in [-0.3, -0.25) is 0 Å². The molecule has 3 saturated heterocycles. The van der Waals surface area contributed by atoms with E-state index in [1.807, 2.05) is 0 Å². The third kappa shape index (κ3) is 2.78. The summed E-state index contributed by atoms with van der Waals surface area (Å²) in [4.78, 5) is 0. The monoisotopic (exact) mass is 348 g/mol. The Labute approximate surface area is 131 Å². The lowest BCUT2D eigenvalue weighted by Gasteiger charge is -2.25. The van der Waals surface area contributed by atoms with Crippen molar-refractivity contribution in [3.05, 3.63) is 0 Å². The molecule has 0 radical (unpaired) electrons. The van der Waals surface area contributed by atoms with Gasteiger partial charge in [0, 0.05) is 0 Å². The minimum Gasteiger partial charge on any atom is -0.387 e. The van der Waals surface area contributed by atoms with E-state index in [0.29, 0.717) is 6.61 Å². The average Bonchev–Trinajstić information content (AvgIpc) is 2.93. The summed E-state index contributed by atoms with van der Waals surface area (Å²) in [5, 5.41) is 10.3. The Morgan fingerprint density at radius 3 is 2.30 bits per heavy atom. The van der Waals surface area contributed by atoms with E-state index in [1.165, 1.54) is 0 Å². The third-order valence-corrected chi connectivity index (χ3v) is 3.97. The van der Waals surface area contributed by atoms with E-state index in [9.17, 15) is 5.11 Å². The Morgan fingerprint density at radius 2 is 1.80 bits per heavy atom. The molecule has 1 N–H and O–H groups in total. The molecule has 0 saturated carbocycles. The molecule has 0 bridgehead atoms. The number of alkyl halides is 3. The first-order valence-corrected chi connectivity index (χ1v) is 7.34. The maximum absolute atomic E-state index is 10.3. The smallest absolute Gasteiger partial charge is 0.241 e. The predicted octanol–water partition coefficient (Wildman–Crippen LogP) is 1.34. The molecule has 0 aliphatic carbocycles. The van der Waals surface area contributed by atoms with Crippen LogP contribution in [0.2, 0.25) is 0 Å². The minimum absolute atomic E-state index is 0.321.